The number of nitrogens with zero attached hydrogens (tertiary/aromatic N) is 3. The highest BCUT2D eigenvalue weighted by molar-refractivity contribution is 5.80. The second-order valence-corrected chi connectivity index (χ2v) is 6.26. The van der Waals surface area contributed by atoms with Gasteiger partial charge in [-0.3, -0.25) is 9.48 Å². The lowest BCUT2D eigenvalue weighted by atomic mass is 9.97. The first-order valence-corrected chi connectivity index (χ1v) is 7.52. The molecule has 0 bridgehead atoms. The van der Waals surface area contributed by atoms with Crippen LogP contribution in [0.15, 0.2) is 0 Å². The van der Waals surface area contributed by atoms with Gasteiger partial charge in [0.1, 0.15) is 11.7 Å². The van der Waals surface area contributed by atoms with Crippen LogP contribution < -0.4 is 0 Å². The van der Waals surface area contributed by atoms with Crippen LogP contribution in [0.3, 0.4) is 0 Å². The van der Waals surface area contributed by atoms with Gasteiger partial charge in [0.25, 0.3) is 0 Å². The molecule has 2 aliphatic rings. The number of aliphatic hydroxyl groups is 1. The number of aromatic nitrogens is 2. The van der Waals surface area contributed by atoms with Crippen molar-refractivity contribution in [2.75, 3.05) is 19.7 Å². The van der Waals surface area contributed by atoms with Crippen molar-refractivity contribution < 1.29 is 14.6 Å². The molecule has 0 aliphatic carbocycles. The van der Waals surface area contributed by atoms with Crippen molar-refractivity contribution >= 4 is 5.91 Å². The summed E-state index contributed by atoms with van der Waals surface area (Å²) in [5.74, 6) is 0.0422. The number of hydrogen-bond acceptors (Lipinski definition) is 4. The second-order valence-electron chi connectivity index (χ2n) is 6.26. The molecular formula is C15H23N3O3. The van der Waals surface area contributed by atoms with Gasteiger partial charge in [-0.2, -0.15) is 5.10 Å². The van der Waals surface area contributed by atoms with E-state index in [2.05, 4.69) is 5.10 Å². The summed E-state index contributed by atoms with van der Waals surface area (Å²) in [6, 6.07) is 0. The lowest BCUT2D eigenvalue weighted by molar-refractivity contribution is -0.130. The Bertz CT molecular complexity index is 561. The Morgan fingerprint density at radius 1 is 1.52 bits per heavy atom. The summed E-state index contributed by atoms with van der Waals surface area (Å²) in [5.41, 5.74) is 2.39. The van der Waals surface area contributed by atoms with E-state index in [4.69, 9.17) is 4.74 Å². The van der Waals surface area contributed by atoms with Crippen LogP contribution in [0, 0.1) is 13.8 Å². The van der Waals surface area contributed by atoms with Crippen molar-refractivity contribution in [1.29, 1.82) is 0 Å². The monoisotopic (exact) mass is 293 g/mol. The molecule has 1 spiro atoms. The van der Waals surface area contributed by atoms with Crippen LogP contribution in [0.25, 0.3) is 0 Å². The fourth-order valence-electron chi connectivity index (χ4n) is 3.50. The van der Waals surface area contributed by atoms with Crippen molar-refractivity contribution in [3.05, 3.63) is 17.0 Å². The fraction of sp³-hybridized carbons (Fsp3) is 0.733. The Hall–Kier alpha value is -1.40. The van der Waals surface area contributed by atoms with Crippen molar-refractivity contribution in [3.8, 4) is 0 Å². The normalized spacial score (nSPS) is 28.8. The first-order chi connectivity index (χ1) is 9.93. The maximum Gasteiger partial charge on any atom is 0.227 e. The number of likely N-dealkylation sites (tertiary alicyclic amines) is 1. The summed E-state index contributed by atoms with van der Waals surface area (Å²) < 4.78 is 7.54. The van der Waals surface area contributed by atoms with Gasteiger partial charge in [0, 0.05) is 31.5 Å². The van der Waals surface area contributed by atoms with Crippen molar-refractivity contribution in [2.24, 2.45) is 7.05 Å². The molecule has 2 saturated heterocycles. The minimum absolute atomic E-state index is 0.0422. The summed E-state index contributed by atoms with van der Waals surface area (Å²) in [4.78, 5) is 14.3. The van der Waals surface area contributed by atoms with E-state index in [1.165, 1.54) is 0 Å². The average Bonchev–Trinajstić information content (AvgIpc) is 3.09. The smallest absolute Gasteiger partial charge is 0.227 e. The molecular weight excluding hydrogens is 270 g/mol. The van der Waals surface area contributed by atoms with Crippen LogP contribution in [0.5, 0.6) is 0 Å². The quantitative estimate of drug-likeness (QED) is 0.853. The van der Waals surface area contributed by atoms with Gasteiger partial charge >= 0.3 is 0 Å². The lowest BCUT2D eigenvalue weighted by Gasteiger charge is -2.25. The third-order valence-corrected chi connectivity index (χ3v) is 4.93. The molecule has 2 aliphatic heterocycles. The fourth-order valence-corrected chi connectivity index (χ4v) is 3.50. The average molecular weight is 293 g/mol. The highest BCUT2D eigenvalue weighted by Gasteiger charge is 2.50. The molecule has 6 heteroatoms. The zero-order valence-corrected chi connectivity index (χ0v) is 12.9. The SMILES string of the molecule is Cc1nn(C)c(C)c1CC(=O)N1C[C@H](O)[C@]2(CCCO2)C1. The van der Waals surface area contributed by atoms with E-state index in [0.29, 0.717) is 26.1 Å². The summed E-state index contributed by atoms with van der Waals surface area (Å²) in [7, 11) is 1.89. The molecule has 2 fully saturated rings. The van der Waals surface area contributed by atoms with E-state index in [1.54, 1.807) is 9.58 Å². The first kappa shape index (κ1) is 14.5. The molecule has 0 unspecified atom stereocenters. The maximum atomic E-state index is 12.5. The number of ether oxygens (including phenoxy) is 1. The van der Waals surface area contributed by atoms with E-state index < -0.39 is 11.7 Å². The summed E-state index contributed by atoms with van der Waals surface area (Å²) >= 11 is 0. The minimum atomic E-state index is -0.569. The van der Waals surface area contributed by atoms with E-state index in [1.807, 2.05) is 20.9 Å². The van der Waals surface area contributed by atoms with E-state index in [0.717, 1.165) is 29.8 Å². The molecule has 3 rings (SSSR count). The number of carbonyl (C=O) groups excluding carboxylic acids is 1. The van der Waals surface area contributed by atoms with Gasteiger partial charge in [0.2, 0.25) is 5.91 Å². The zero-order valence-electron chi connectivity index (χ0n) is 12.9. The van der Waals surface area contributed by atoms with Gasteiger partial charge in [-0.15, -0.1) is 0 Å². The summed E-state index contributed by atoms with van der Waals surface area (Å²) in [6.45, 7) is 5.46. The number of hydrogen-bond donors (Lipinski definition) is 1. The molecule has 1 N–H and O–H groups in total. The predicted octanol–water partition coefficient (Wildman–Crippen LogP) is 0.332. The molecule has 0 radical (unpaired) electrons. The molecule has 2 atom stereocenters. The molecule has 21 heavy (non-hydrogen) atoms. The van der Waals surface area contributed by atoms with Crippen LogP contribution in [0.2, 0.25) is 0 Å². The third kappa shape index (κ3) is 2.36. The Morgan fingerprint density at radius 3 is 2.86 bits per heavy atom. The van der Waals surface area contributed by atoms with Gasteiger partial charge in [0.05, 0.1) is 18.7 Å². The number of aryl methyl sites for hydroxylation is 2. The number of β-amino-alcohol motifs (C(OH)–C–C–N with tert-alkyl or cyclic N) is 1. The minimum Gasteiger partial charge on any atom is -0.388 e. The lowest BCUT2D eigenvalue weighted by Crippen LogP contribution is -2.41. The van der Waals surface area contributed by atoms with E-state index in [9.17, 15) is 9.90 Å². The predicted molar refractivity (Wildman–Crippen MR) is 76.9 cm³/mol. The molecule has 0 saturated carbocycles. The second kappa shape index (κ2) is 5.10. The van der Waals surface area contributed by atoms with Crippen molar-refractivity contribution in [2.45, 2.75) is 44.8 Å². The van der Waals surface area contributed by atoms with Gasteiger partial charge in [-0.05, 0) is 26.7 Å². The Labute approximate surface area is 124 Å². The Morgan fingerprint density at radius 2 is 2.29 bits per heavy atom. The molecule has 6 nitrogen and oxygen atoms in total. The summed E-state index contributed by atoms with van der Waals surface area (Å²) in [5, 5.41) is 14.6. The molecule has 1 aromatic heterocycles. The van der Waals surface area contributed by atoms with Crippen LogP contribution >= 0.6 is 0 Å². The summed E-state index contributed by atoms with van der Waals surface area (Å²) in [6.07, 6.45) is 1.57. The van der Waals surface area contributed by atoms with E-state index in [-0.39, 0.29) is 5.91 Å². The zero-order chi connectivity index (χ0) is 15.2. The Balaban J connectivity index is 1.72. The number of amides is 1. The highest BCUT2D eigenvalue weighted by Crippen LogP contribution is 2.35. The van der Waals surface area contributed by atoms with Gasteiger partial charge in [-0.1, -0.05) is 0 Å². The van der Waals surface area contributed by atoms with Crippen LogP contribution in [-0.2, 0) is 23.0 Å². The van der Waals surface area contributed by atoms with Gasteiger partial charge in [-0.25, -0.2) is 0 Å². The largest absolute Gasteiger partial charge is 0.388 e. The van der Waals surface area contributed by atoms with Gasteiger partial charge < -0.3 is 14.7 Å². The highest BCUT2D eigenvalue weighted by atomic mass is 16.5. The maximum absolute atomic E-state index is 12.5. The number of aliphatic hydroxyl groups excluding tert-OH is 1. The topological polar surface area (TPSA) is 67.6 Å². The van der Waals surface area contributed by atoms with Crippen LogP contribution in [0.1, 0.15) is 29.8 Å². The number of rotatable bonds is 2. The first-order valence-electron chi connectivity index (χ1n) is 7.52. The number of carbonyl (C=O) groups is 1. The molecule has 3 heterocycles. The van der Waals surface area contributed by atoms with Crippen molar-refractivity contribution in [1.82, 2.24) is 14.7 Å². The van der Waals surface area contributed by atoms with Gasteiger partial charge in [0.15, 0.2) is 0 Å². The third-order valence-electron chi connectivity index (χ3n) is 4.93. The van der Waals surface area contributed by atoms with Crippen LogP contribution in [-0.4, -0.2) is 57.1 Å². The Kier molecular flexibility index (Phi) is 3.53. The molecule has 0 aromatic carbocycles. The molecule has 116 valence electrons. The van der Waals surface area contributed by atoms with Crippen molar-refractivity contribution in [3.63, 3.8) is 0 Å². The molecule has 1 aromatic rings. The molecule has 1 amide bonds. The van der Waals surface area contributed by atoms with E-state index >= 15 is 0 Å². The van der Waals surface area contributed by atoms with Crippen LogP contribution in [0.4, 0.5) is 0 Å². The standard InChI is InChI=1S/C15H23N3O3/c1-10-12(11(2)17(3)16-10)7-14(20)18-8-13(19)15(9-18)5-4-6-21-15/h13,19H,4-9H2,1-3H3/t13-,15-/m0/s1.